The number of nitrogens with one attached hydrogen (secondary N) is 1. The van der Waals surface area contributed by atoms with Crippen molar-refractivity contribution >= 4 is 34.5 Å². The molecule has 7 heteroatoms. The van der Waals surface area contributed by atoms with Crippen LogP contribution in [0.5, 0.6) is 0 Å². The monoisotopic (exact) mass is 309 g/mol. The number of para-hydroxylation sites is 1. The third kappa shape index (κ3) is 4.29. The summed E-state index contributed by atoms with van der Waals surface area (Å²) in [6.45, 7) is 5.96. The number of nitrogen functional groups attached to an aromatic ring is 1. The molecule has 2 rings (SSSR count). The van der Waals surface area contributed by atoms with Gasteiger partial charge in [-0.1, -0.05) is 11.2 Å². The van der Waals surface area contributed by atoms with Crippen LogP contribution < -0.4 is 11.1 Å². The molecule has 114 valence electrons. The molecular formula is C14H19N3O3S. The highest BCUT2D eigenvalue weighted by atomic mass is 32.2. The number of thioether (sulfide) groups is 1. The quantitative estimate of drug-likeness (QED) is 0.512. The first kappa shape index (κ1) is 15.5. The smallest absolute Gasteiger partial charge is 0.407 e. The van der Waals surface area contributed by atoms with Gasteiger partial charge in [0.2, 0.25) is 0 Å². The third-order valence-electron chi connectivity index (χ3n) is 2.50. The fraction of sp³-hybridized carbons (Fsp3) is 0.429. The van der Waals surface area contributed by atoms with Crippen LogP contribution in [0, 0.1) is 0 Å². The molecule has 0 radical (unpaired) electrons. The average molecular weight is 309 g/mol. The van der Waals surface area contributed by atoms with E-state index in [0.29, 0.717) is 23.6 Å². The van der Waals surface area contributed by atoms with Crippen molar-refractivity contribution in [3.05, 3.63) is 18.2 Å². The molecular weight excluding hydrogens is 290 g/mol. The molecule has 1 heterocycles. The van der Waals surface area contributed by atoms with E-state index in [1.54, 1.807) is 6.07 Å². The van der Waals surface area contributed by atoms with E-state index >= 15 is 0 Å². The molecule has 0 saturated carbocycles. The van der Waals surface area contributed by atoms with Crippen molar-refractivity contribution in [2.45, 2.75) is 31.4 Å². The number of hydrogen-bond acceptors (Lipinski definition) is 6. The zero-order valence-electron chi connectivity index (χ0n) is 12.3. The summed E-state index contributed by atoms with van der Waals surface area (Å²) in [5, 5.41) is 8.35. The first-order valence-corrected chi connectivity index (χ1v) is 7.59. The molecule has 0 spiro atoms. The summed E-state index contributed by atoms with van der Waals surface area (Å²) in [5.41, 5.74) is 6.48. The minimum Gasteiger partial charge on any atom is -0.444 e. The molecule has 0 fully saturated rings. The summed E-state index contributed by atoms with van der Waals surface area (Å²) < 4.78 is 10.4. The molecule has 2 aromatic rings. The lowest BCUT2D eigenvalue weighted by Gasteiger charge is -2.19. The Morgan fingerprint density at radius 3 is 2.95 bits per heavy atom. The van der Waals surface area contributed by atoms with Gasteiger partial charge in [0.1, 0.15) is 10.6 Å². The third-order valence-corrected chi connectivity index (χ3v) is 3.48. The van der Waals surface area contributed by atoms with Crippen LogP contribution >= 0.6 is 11.8 Å². The Bertz CT molecular complexity index is 634. The van der Waals surface area contributed by atoms with Crippen molar-refractivity contribution in [2.75, 3.05) is 18.0 Å². The first-order chi connectivity index (χ1) is 9.87. The van der Waals surface area contributed by atoms with Gasteiger partial charge in [-0.3, -0.25) is 0 Å². The summed E-state index contributed by atoms with van der Waals surface area (Å²) >= 11 is 1.49. The van der Waals surface area contributed by atoms with Gasteiger partial charge < -0.3 is 20.3 Å². The zero-order chi connectivity index (χ0) is 15.5. The second-order valence-corrected chi connectivity index (χ2v) is 6.57. The molecule has 0 aliphatic heterocycles. The van der Waals surface area contributed by atoms with Gasteiger partial charge in [-0.05, 0) is 32.9 Å². The van der Waals surface area contributed by atoms with Gasteiger partial charge in [0.25, 0.3) is 0 Å². The molecule has 0 bridgehead atoms. The predicted molar refractivity (Wildman–Crippen MR) is 83.4 cm³/mol. The lowest BCUT2D eigenvalue weighted by molar-refractivity contribution is 0.0531. The van der Waals surface area contributed by atoms with E-state index in [-0.39, 0.29) is 0 Å². The molecule has 1 amide bonds. The van der Waals surface area contributed by atoms with Crippen molar-refractivity contribution in [1.82, 2.24) is 10.5 Å². The number of carbonyl (C=O) groups is 1. The number of alkyl carbamates (subject to hydrolysis) is 1. The lowest BCUT2D eigenvalue weighted by atomic mass is 10.2. The Hall–Kier alpha value is -1.89. The van der Waals surface area contributed by atoms with E-state index in [0.717, 1.165) is 10.4 Å². The lowest BCUT2D eigenvalue weighted by Crippen LogP contribution is -2.33. The van der Waals surface area contributed by atoms with Crippen LogP contribution in [0.15, 0.2) is 27.7 Å². The van der Waals surface area contributed by atoms with Gasteiger partial charge in [-0.2, -0.15) is 0 Å². The number of hydrogen-bond donors (Lipinski definition) is 2. The van der Waals surface area contributed by atoms with Crippen LogP contribution in [0.4, 0.5) is 10.5 Å². The molecule has 0 unspecified atom stereocenters. The van der Waals surface area contributed by atoms with Gasteiger partial charge in [0.05, 0.1) is 11.1 Å². The molecule has 3 N–H and O–H groups in total. The normalized spacial score (nSPS) is 11.6. The number of rotatable bonds is 4. The second-order valence-electron chi connectivity index (χ2n) is 5.49. The number of anilines is 1. The summed E-state index contributed by atoms with van der Waals surface area (Å²) in [4.78, 5) is 11.5. The maximum atomic E-state index is 11.5. The van der Waals surface area contributed by atoms with Crippen molar-refractivity contribution in [1.29, 1.82) is 0 Å². The minimum atomic E-state index is -0.489. The Kier molecular flexibility index (Phi) is 4.62. The fourth-order valence-electron chi connectivity index (χ4n) is 1.68. The molecule has 0 atom stereocenters. The van der Waals surface area contributed by atoms with E-state index in [1.807, 2.05) is 32.9 Å². The summed E-state index contributed by atoms with van der Waals surface area (Å²) in [7, 11) is 0. The molecule has 0 aliphatic rings. The topological polar surface area (TPSA) is 90.4 Å². The number of nitrogens with two attached hydrogens (primary N) is 1. The van der Waals surface area contributed by atoms with E-state index in [4.69, 9.17) is 15.0 Å². The Morgan fingerprint density at radius 2 is 2.24 bits per heavy atom. The molecule has 1 aromatic heterocycles. The maximum absolute atomic E-state index is 11.5. The standard InChI is InChI=1S/C14H19N3O3S/c1-14(2,3)19-13(18)16-7-8-21-12-9-5-4-6-10(15)11(9)20-17-12/h4-6H,7-8,15H2,1-3H3,(H,16,18). The van der Waals surface area contributed by atoms with Crippen LogP contribution in [0.1, 0.15) is 20.8 Å². The summed E-state index contributed by atoms with van der Waals surface area (Å²) in [6, 6.07) is 5.54. The van der Waals surface area contributed by atoms with Crippen LogP contribution in [0.2, 0.25) is 0 Å². The number of aromatic nitrogens is 1. The van der Waals surface area contributed by atoms with Gasteiger partial charge in [0, 0.05) is 12.3 Å². The van der Waals surface area contributed by atoms with Crippen molar-refractivity contribution < 1.29 is 14.1 Å². The Labute approximate surface area is 127 Å². The molecule has 1 aromatic carbocycles. The van der Waals surface area contributed by atoms with Gasteiger partial charge in [0.15, 0.2) is 5.58 Å². The fourth-order valence-corrected chi connectivity index (χ4v) is 2.48. The first-order valence-electron chi connectivity index (χ1n) is 6.60. The van der Waals surface area contributed by atoms with E-state index in [2.05, 4.69) is 10.5 Å². The van der Waals surface area contributed by atoms with Crippen LogP contribution in [0.25, 0.3) is 11.0 Å². The number of ether oxygens (including phenoxy) is 1. The predicted octanol–water partition coefficient (Wildman–Crippen LogP) is 3.03. The number of nitrogens with zero attached hydrogens (tertiary/aromatic N) is 1. The number of benzene rings is 1. The maximum Gasteiger partial charge on any atom is 0.407 e. The summed E-state index contributed by atoms with van der Waals surface area (Å²) in [5.74, 6) is 0.662. The Balaban J connectivity index is 1.83. The molecule has 0 aliphatic carbocycles. The van der Waals surface area contributed by atoms with Gasteiger partial charge in [-0.15, -0.1) is 11.8 Å². The van der Waals surface area contributed by atoms with E-state index in [1.165, 1.54) is 11.8 Å². The molecule has 21 heavy (non-hydrogen) atoms. The molecule has 0 saturated heterocycles. The minimum absolute atomic E-state index is 0.419. The van der Waals surface area contributed by atoms with Crippen LogP contribution in [-0.2, 0) is 4.74 Å². The molecule has 6 nitrogen and oxygen atoms in total. The number of fused-ring (bicyclic) bond motifs is 1. The van der Waals surface area contributed by atoms with Gasteiger partial charge in [-0.25, -0.2) is 4.79 Å². The highest BCUT2D eigenvalue weighted by Gasteiger charge is 2.16. The average Bonchev–Trinajstić information content (AvgIpc) is 2.77. The van der Waals surface area contributed by atoms with Crippen molar-refractivity contribution in [3.8, 4) is 0 Å². The van der Waals surface area contributed by atoms with Crippen molar-refractivity contribution in [3.63, 3.8) is 0 Å². The van der Waals surface area contributed by atoms with Crippen LogP contribution in [-0.4, -0.2) is 29.1 Å². The number of carbonyl (C=O) groups excluding carboxylic acids is 1. The highest BCUT2D eigenvalue weighted by molar-refractivity contribution is 7.99. The second kappa shape index (κ2) is 6.26. The Morgan fingerprint density at radius 1 is 1.48 bits per heavy atom. The highest BCUT2D eigenvalue weighted by Crippen LogP contribution is 2.29. The van der Waals surface area contributed by atoms with Gasteiger partial charge >= 0.3 is 6.09 Å². The van der Waals surface area contributed by atoms with E-state index < -0.39 is 11.7 Å². The van der Waals surface area contributed by atoms with Crippen LogP contribution in [0.3, 0.4) is 0 Å². The number of amides is 1. The van der Waals surface area contributed by atoms with Crippen molar-refractivity contribution in [2.24, 2.45) is 0 Å². The summed E-state index contributed by atoms with van der Waals surface area (Å²) in [6.07, 6.45) is -0.419. The van der Waals surface area contributed by atoms with E-state index in [9.17, 15) is 4.79 Å². The SMILES string of the molecule is CC(C)(C)OC(=O)NCCSc1noc2c(N)cccc12. The largest absolute Gasteiger partial charge is 0.444 e. The zero-order valence-corrected chi connectivity index (χ0v) is 13.1.